The van der Waals surface area contributed by atoms with E-state index in [-0.39, 0.29) is 11.8 Å². The Morgan fingerprint density at radius 3 is 2.52 bits per heavy atom. The number of carbonyl (C=O) groups is 1. The second-order valence-corrected chi connectivity index (χ2v) is 7.34. The zero-order valence-electron chi connectivity index (χ0n) is 16.5. The zero-order valence-corrected chi connectivity index (χ0v) is 18.1. The van der Waals surface area contributed by atoms with Crippen LogP contribution in [-0.4, -0.2) is 33.1 Å². The molecular formula is C23H17BrN4O3. The number of aromatic nitrogens is 4. The predicted molar refractivity (Wildman–Crippen MR) is 120 cm³/mol. The van der Waals surface area contributed by atoms with E-state index in [2.05, 4.69) is 31.5 Å². The summed E-state index contributed by atoms with van der Waals surface area (Å²) in [6, 6.07) is 22.2. The highest BCUT2D eigenvalue weighted by atomic mass is 79.9. The quantitative estimate of drug-likeness (QED) is 0.272. The van der Waals surface area contributed by atoms with Crippen molar-refractivity contribution in [3.05, 3.63) is 94.5 Å². The van der Waals surface area contributed by atoms with Gasteiger partial charge < -0.3 is 9.47 Å². The van der Waals surface area contributed by atoms with Crippen molar-refractivity contribution < 1.29 is 14.3 Å². The molecule has 0 saturated carbocycles. The molecular weight excluding hydrogens is 460 g/mol. The van der Waals surface area contributed by atoms with E-state index in [0.29, 0.717) is 17.1 Å². The lowest BCUT2D eigenvalue weighted by molar-refractivity contribution is 0.104. The highest BCUT2D eigenvalue weighted by Gasteiger charge is 2.14. The van der Waals surface area contributed by atoms with Gasteiger partial charge in [-0.1, -0.05) is 51.4 Å². The van der Waals surface area contributed by atoms with E-state index in [0.717, 1.165) is 15.7 Å². The molecule has 3 aromatic carbocycles. The fourth-order valence-electron chi connectivity index (χ4n) is 2.83. The summed E-state index contributed by atoms with van der Waals surface area (Å²) < 4.78 is 13.8. The van der Waals surface area contributed by atoms with Crippen molar-refractivity contribution in [2.45, 2.75) is 0 Å². The fourth-order valence-corrected chi connectivity index (χ4v) is 3.09. The van der Waals surface area contributed by atoms with E-state index in [1.807, 2.05) is 48.5 Å². The number of allylic oxidation sites excluding steroid dienone is 1. The average Bonchev–Trinajstić information content (AvgIpc) is 3.27. The van der Waals surface area contributed by atoms with Crippen molar-refractivity contribution in [3.8, 4) is 23.2 Å². The molecule has 0 aliphatic carbocycles. The largest absolute Gasteiger partial charge is 0.493 e. The summed E-state index contributed by atoms with van der Waals surface area (Å²) in [5.41, 5.74) is 2.17. The van der Waals surface area contributed by atoms with Crippen LogP contribution in [0.4, 0.5) is 0 Å². The molecule has 0 atom stereocenters. The summed E-state index contributed by atoms with van der Waals surface area (Å²) in [5, 5.41) is 11.6. The van der Waals surface area contributed by atoms with Crippen LogP contribution in [-0.2, 0) is 0 Å². The molecule has 0 unspecified atom stereocenters. The van der Waals surface area contributed by atoms with Crippen LogP contribution in [0.5, 0.6) is 17.5 Å². The minimum absolute atomic E-state index is 0.0890. The number of para-hydroxylation sites is 1. The maximum absolute atomic E-state index is 12.4. The van der Waals surface area contributed by atoms with Crippen molar-refractivity contribution in [1.82, 2.24) is 20.2 Å². The lowest BCUT2D eigenvalue weighted by Crippen LogP contribution is -2.01. The highest BCUT2D eigenvalue weighted by Crippen LogP contribution is 2.32. The number of halogens is 1. The third kappa shape index (κ3) is 4.87. The Morgan fingerprint density at radius 1 is 1.00 bits per heavy atom. The maximum Gasteiger partial charge on any atom is 0.346 e. The number of methoxy groups -OCH3 is 1. The second-order valence-electron chi connectivity index (χ2n) is 6.43. The van der Waals surface area contributed by atoms with Crippen LogP contribution in [0, 0.1) is 0 Å². The van der Waals surface area contributed by atoms with Crippen LogP contribution >= 0.6 is 15.9 Å². The van der Waals surface area contributed by atoms with E-state index < -0.39 is 0 Å². The summed E-state index contributed by atoms with van der Waals surface area (Å²) in [7, 11) is 1.54. The van der Waals surface area contributed by atoms with E-state index in [4.69, 9.17) is 9.47 Å². The molecule has 0 amide bonds. The Hall–Kier alpha value is -3.78. The van der Waals surface area contributed by atoms with Gasteiger partial charge in [0.25, 0.3) is 0 Å². The monoisotopic (exact) mass is 476 g/mol. The second kappa shape index (κ2) is 9.36. The molecule has 0 saturated heterocycles. The number of benzene rings is 3. The van der Waals surface area contributed by atoms with Gasteiger partial charge in [0.1, 0.15) is 0 Å². The Kier molecular flexibility index (Phi) is 6.18. The van der Waals surface area contributed by atoms with Crippen LogP contribution in [0.2, 0.25) is 0 Å². The van der Waals surface area contributed by atoms with Crippen molar-refractivity contribution in [3.63, 3.8) is 0 Å². The molecule has 0 aliphatic rings. The average molecular weight is 477 g/mol. The minimum atomic E-state index is -0.0890. The van der Waals surface area contributed by atoms with Gasteiger partial charge in [-0.25, -0.2) is 0 Å². The number of hydrogen-bond donors (Lipinski definition) is 0. The van der Waals surface area contributed by atoms with Crippen molar-refractivity contribution >= 4 is 27.8 Å². The standard InChI is InChI=1S/C23H17BrN4O3/c1-30-22-15-16(7-13-20(29)17-9-11-18(24)12-10-17)8-14-21(22)31-23-25-26-27-28(23)19-5-3-2-4-6-19/h2-15H,1H3/b13-7+. The normalized spacial score (nSPS) is 10.9. The van der Waals surface area contributed by atoms with Gasteiger partial charge in [-0.2, -0.15) is 4.68 Å². The summed E-state index contributed by atoms with van der Waals surface area (Å²) >= 11 is 3.36. The Bertz CT molecular complexity index is 1220. The topological polar surface area (TPSA) is 79.1 Å². The first kappa shape index (κ1) is 20.5. The third-order valence-corrected chi connectivity index (χ3v) is 4.92. The van der Waals surface area contributed by atoms with E-state index in [1.54, 1.807) is 37.5 Å². The Balaban J connectivity index is 1.53. The highest BCUT2D eigenvalue weighted by molar-refractivity contribution is 9.10. The van der Waals surface area contributed by atoms with Gasteiger partial charge in [-0.15, -0.1) is 0 Å². The molecule has 1 aromatic heterocycles. The van der Waals surface area contributed by atoms with Crippen LogP contribution in [0.25, 0.3) is 11.8 Å². The molecule has 7 nitrogen and oxygen atoms in total. The number of tetrazole rings is 1. The Morgan fingerprint density at radius 2 is 1.77 bits per heavy atom. The minimum Gasteiger partial charge on any atom is -0.493 e. The van der Waals surface area contributed by atoms with Gasteiger partial charge in [0.05, 0.1) is 12.8 Å². The number of hydrogen-bond acceptors (Lipinski definition) is 6. The van der Waals surface area contributed by atoms with Crippen molar-refractivity contribution in [2.75, 3.05) is 7.11 Å². The molecule has 154 valence electrons. The van der Waals surface area contributed by atoms with Crippen molar-refractivity contribution in [1.29, 1.82) is 0 Å². The van der Waals surface area contributed by atoms with Gasteiger partial charge in [-0.05, 0) is 70.6 Å². The summed E-state index contributed by atoms with van der Waals surface area (Å²) in [6.07, 6.45) is 3.25. The molecule has 31 heavy (non-hydrogen) atoms. The molecule has 4 aromatic rings. The zero-order chi connectivity index (χ0) is 21.6. The number of ketones is 1. The van der Waals surface area contributed by atoms with Gasteiger partial charge in [0.15, 0.2) is 17.3 Å². The number of nitrogens with zero attached hydrogens (tertiary/aromatic N) is 4. The first-order valence-electron chi connectivity index (χ1n) is 9.32. The SMILES string of the molecule is COc1cc(/C=C/C(=O)c2ccc(Br)cc2)ccc1Oc1nnnn1-c1ccccc1. The third-order valence-electron chi connectivity index (χ3n) is 4.39. The maximum atomic E-state index is 12.4. The number of ether oxygens (including phenoxy) is 2. The van der Waals surface area contributed by atoms with E-state index in [9.17, 15) is 4.79 Å². The first-order chi connectivity index (χ1) is 15.1. The van der Waals surface area contributed by atoms with Gasteiger partial charge >= 0.3 is 6.01 Å². The number of carbonyl (C=O) groups excluding carboxylic acids is 1. The van der Waals surface area contributed by atoms with Gasteiger partial charge in [-0.3, -0.25) is 4.79 Å². The molecule has 0 N–H and O–H groups in total. The molecule has 8 heteroatoms. The van der Waals surface area contributed by atoms with Crippen LogP contribution in [0.3, 0.4) is 0 Å². The lowest BCUT2D eigenvalue weighted by atomic mass is 10.1. The van der Waals surface area contributed by atoms with E-state index >= 15 is 0 Å². The fraction of sp³-hybridized carbons (Fsp3) is 0.0435. The summed E-state index contributed by atoms with van der Waals surface area (Å²) in [5.74, 6) is 0.848. The Labute approximate surface area is 187 Å². The number of rotatable bonds is 7. The molecule has 1 heterocycles. The van der Waals surface area contributed by atoms with Crippen molar-refractivity contribution in [2.24, 2.45) is 0 Å². The molecule has 0 bridgehead atoms. The van der Waals surface area contributed by atoms with Crippen LogP contribution < -0.4 is 9.47 Å². The molecule has 0 spiro atoms. The molecule has 0 fully saturated rings. The lowest BCUT2D eigenvalue weighted by Gasteiger charge is -2.10. The summed E-state index contributed by atoms with van der Waals surface area (Å²) in [6.45, 7) is 0. The van der Waals surface area contributed by atoms with Gasteiger partial charge in [0, 0.05) is 10.0 Å². The molecule has 0 radical (unpaired) electrons. The van der Waals surface area contributed by atoms with E-state index in [1.165, 1.54) is 10.8 Å². The predicted octanol–water partition coefficient (Wildman–Crippen LogP) is 5.12. The van der Waals surface area contributed by atoms with Crippen LogP contribution in [0.1, 0.15) is 15.9 Å². The molecule has 4 rings (SSSR count). The van der Waals surface area contributed by atoms with Crippen LogP contribution in [0.15, 0.2) is 83.3 Å². The smallest absolute Gasteiger partial charge is 0.346 e. The van der Waals surface area contributed by atoms with Gasteiger partial charge in [0.2, 0.25) is 0 Å². The summed E-state index contributed by atoms with van der Waals surface area (Å²) in [4.78, 5) is 12.4. The first-order valence-corrected chi connectivity index (χ1v) is 10.1. The molecule has 0 aliphatic heterocycles.